The van der Waals surface area contributed by atoms with Crippen molar-refractivity contribution in [3.8, 4) is 0 Å². The van der Waals surface area contributed by atoms with Crippen LogP contribution in [0.3, 0.4) is 0 Å². The number of nitrogens with zero attached hydrogens (tertiary/aromatic N) is 2. The minimum Gasteiger partial charge on any atom is -0.389 e. The highest BCUT2D eigenvalue weighted by Crippen LogP contribution is 2.16. The molecule has 2 aromatic heterocycles. The number of H-pyrrole nitrogens is 2. The number of nitrogens with two attached hydrogens (primary N) is 1. The molecule has 0 spiro atoms. The van der Waals surface area contributed by atoms with E-state index in [2.05, 4.69) is 24.9 Å². The van der Waals surface area contributed by atoms with Gasteiger partial charge in [0.15, 0.2) is 5.03 Å². The van der Waals surface area contributed by atoms with E-state index in [-0.39, 0.29) is 15.8 Å². The molecule has 0 bridgehead atoms. The monoisotopic (exact) mass is 300 g/mol. The van der Waals surface area contributed by atoms with Gasteiger partial charge in [-0.1, -0.05) is 19.1 Å². The van der Waals surface area contributed by atoms with Gasteiger partial charge in [0, 0.05) is 6.42 Å². The first kappa shape index (κ1) is 13.5. The van der Waals surface area contributed by atoms with Gasteiger partial charge in [-0.15, -0.1) is 0 Å². The van der Waals surface area contributed by atoms with Gasteiger partial charge in [-0.2, -0.15) is 13.5 Å². The molecule has 2 aromatic rings. The molecule has 0 amide bonds. The van der Waals surface area contributed by atoms with E-state index >= 15 is 0 Å². The molecule has 8 nitrogen and oxygen atoms in total. The number of rotatable bonds is 5. The molecule has 0 atom stereocenters. The average Bonchev–Trinajstić information content (AvgIpc) is 2.95. The van der Waals surface area contributed by atoms with Crippen molar-refractivity contribution < 1.29 is 8.42 Å². The summed E-state index contributed by atoms with van der Waals surface area (Å²) in [5.74, 6) is 0.708. The molecule has 0 unspecified atom stereocenters. The van der Waals surface area contributed by atoms with Gasteiger partial charge in [-0.25, -0.2) is 4.98 Å². The molecule has 0 aliphatic rings. The Morgan fingerprint density at radius 1 is 1.53 bits per heavy atom. The first-order valence-electron chi connectivity index (χ1n) is 5.34. The van der Waals surface area contributed by atoms with Gasteiger partial charge >= 0.3 is 0 Å². The second-order valence-electron chi connectivity index (χ2n) is 3.68. The number of aromatic nitrogens is 4. The molecule has 10 heteroatoms. The highest BCUT2D eigenvalue weighted by Gasteiger charge is 2.20. The van der Waals surface area contributed by atoms with Gasteiger partial charge in [-0.05, 0) is 0 Å². The number of hydrogen-bond donors (Lipinski definition) is 4. The summed E-state index contributed by atoms with van der Waals surface area (Å²) in [4.78, 5) is 6.69. The number of anilines is 1. The van der Waals surface area contributed by atoms with Gasteiger partial charge in [-0.3, -0.25) is 9.82 Å². The van der Waals surface area contributed by atoms with Crippen LogP contribution in [0.25, 0.3) is 0 Å². The van der Waals surface area contributed by atoms with E-state index in [1.165, 1.54) is 12.4 Å². The Kier molecular flexibility index (Phi) is 3.53. The summed E-state index contributed by atoms with van der Waals surface area (Å²) in [6.07, 6.45) is 3.21. The molecule has 0 aliphatic carbocycles. The number of aromatic amines is 2. The molecule has 5 N–H and O–H groups in total. The van der Waals surface area contributed by atoms with Crippen molar-refractivity contribution in [2.24, 2.45) is 5.73 Å². The first-order chi connectivity index (χ1) is 8.94. The van der Waals surface area contributed by atoms with Gasteiger partial charge < -0.3 is 10.7 Å². The summed E-state index contributed by atoms with van der Waals surface area (Å²) in [7, 11) is -3.78. The minimum atomic E-state index is -3.78. The summed E-state index contributed by atoms with van der Waals surface area (Å²) < 4.78 is 26.5. The first-order valence-corrected chi connectivity index (χ1v) is 7.23. The third kappa shape index (κ3) is 2.74. The normalized spacial score (nSPS) is 11.4. The fraction of sp³-hybridized carbons (Fsp3) is 0.222. The Balaban J connectivity index is 2.31. The maximum Gasteiger partial charge on any atom is 0.280 e. The van der Waals surface area contributed by atoms with Crippen LogP contribution < -0.4 is 10.5 Å². The number of sulfonamides is 1. The summed E-state index contributed by atoms with van der Waals surface area (Å²) in [6.45, 7) is 1.86. The van der Waals surface area contributed by atoms with Crippen LogP contribution in [-0.2, 0) is 16.4 Å². The number of thiocarbonyl (C=S) groups is 1. The van der Waals surface area contributed by atoms with Gasteiger partial charge in [0.2, 0.25) is 0 Å². The third-order valence-corrected chi connectivity index (χ3v) is 3.85. The highest BCUT2D eigenvalue weighted by molar-refractivity contribution is 7.92. The number of imidazole rings is 1. The van der Waals surface area contributed by atoms with Crippen LogP contribution in [0.15, 0.2) is 17.4 Å². The van der Waals surface area contributed by atoms with E-state index in [0.717, 1.165) is 0 Å². The van der Waals surface area contributed by atoms with Gasteiger partial charge in [0.05, 0.1) is 18.0 Å². The lowest BCUT2D eigenvalue weighted by molar-refractivity contribution is 0.597. The van der Waals surface area contributed by atoms with Crippen molar-refractivity contribution in [3.05, 3.63) is 23.8 Å². The topological polar surface area (TPSA) is 130 Å². The average molecular weight is 300 g/mol. The molecular weight excluding hydrogens is 288 g/mol. The van der Waals surface area contributed by atoms with Crippen LogP contribution in [0, 0.1) is 0 Å². The van der Waals surface area contributed by atoms with Crippen molar-refractivity contribution in [2.45, 2.75) is 18.4 Å². The van der Waals surface area contributed by atoms with Crippen LogP contribution in [0.1, 0.15) is 18.3 Å². The largest absolute Gasteiger partial charge is 0.389 e. The molecule has 0 saturated heterocycles. The molecule has 0 aliphatic heterocycles. The number of aryl methyl sites for hydroxylation is 1. The second kappa shape index (κ2) is 4.97. The molecule has 0 aromatic carbocycles. The smallest absolute Gasteiger partial charge is 0.280 e. The zero-order chi connectivity index (χ0) is 14.0. The minimum absolute atomic E-state index is 0.0344. The van der Waals surface area contributed by atoms with E-state index in [9.17, 15) is 8.42 Å². The lowest BCUT2D eigenvalue weighted by Crippen LogP contribution is -2.17. The predicted octanol–water partition coefficient (Wildman–Crippen LogP) is 0.130. The van der Waals surface area contributed by atoms with Gasteiger partial charge in [0.25, 0.3) is 10.0 Å². The van der Waals surface area contributed by atoms with Crippen molar-refractivity contribution in [1.29, 1.82) is 0 Å². The fourth-order valence-corrected chi connectivity index (χ4v) is 2.53. The standard InChI is InChI=1S/C9H12N6O2S2/c1-2-6-11-4-7(13-6)19(16,17)15-9-5(8(10)18)3-12-14-9/h3-4H,2H2,1H3,(H2,10,18)(H,11,13)(H2,12,14,15). The van der Waals surface area contributed by atoms with Crippen LogP contribution >= 0.6 is 12.2 Å². The lowest BCUT2D eigenvalue weighted by Gasteiger charge is -2.05. The fourth-order valence-electron chi connectivity index (χ4n) is 1.40. The molecule has 2 heterocycles. The number of nitrogens with one attached hydrogen (secondary N) is 3. The third-order valence-electron chi connectivity index (χ3n) is 2.37. The highest BCUT2D eigenvalue weighted by atomic mass is 32.2. The zero-order valence-corrected chi connectivity index (χ0v) is 11.6. The molecular formula is C9H12N6O2S2. The van der Waals surface area contributed by atoms with Crippen LogP contribution in [0.2, 0.25) is 0 Å². The summed E-state index contributed by atoms with van der Waals surface area (Å²) in [6, 6.07) is 0. The van der Waals surface area contributed by atoms with E-state index < -0.39 is 10.0 Å². The summed E-state index contributed by atoms with van der Waals surface area (Å²) in [5.41, 5.74) is 5.79. The van der Waals surface area contributed by atoms with Crippen LogP contribution in [0.4, 0.5) is 5.82 Å². The van der Waals surface area contributed by atoms with Crippen molar-refractivity contribution in [2.75, 3.05) is 4.72 Å². The van der Waals surface area contributed by atoms with Crippen LogP contribution in [0.5, 0.6) is 0 Å². The quantitative estimate of drug-likeness (QED) is 0.581. The van der Waals surface area contributed by atoms with E-state index in [1.807, 2.05) is 6.92 Å². The Bertz CT molecular complexity index is 702. The molecule has 0 radical (unpaired) electrons. The van der Waals surface area contributed by atoms with Crippen molar-refractivity contribution >= 4 is 33.0 Å². The van der Waals surface area contributed by atoms with Crippen LogP contribution in [-0.4, -0.2) is 33.6 Å². The maximum absolute atomic E-state index is 12.1. The van der Waals surface area contributed by atoms with E-state index in [1.54, 1.807) is 0 Å². The van der Waals surface area contributed by atoms with Gasteiger partial charge in [0.1, 0.15) is 16.6 Å². The maximum atomic E-state index is 12.1. The molecule has 0 fully saturated rings. The number of hydrogen-bond acceptors (Lipinski definition) is 5. The Hall–Kier alpha value is -1.94. The van der Waals surface area contributed by atoms with Crippen molar-refractivity contribution in [1.82, 2.24) is 20.2 Å². The molecule has 2 rings (SSSR count). The Morgan fingerprint density at radius 2 is 2.26 bits per heavy atom. The van der Waals surface area contributed by atoms with E-state index in [4.69, 9.17) is 18.0 Å². The SMILES string of the molecule is CCc1ncc(S(=O)(=O)Nc2[nH]ncc2C(N)=S)[nH]1. The summed E-state index contributed by atoms with van der Waals surface area (Å²) in [5, 5.41) is 6.15. The van der Waals surface area contributed by atoms with Crippen molar-refractivity contribution in [3.63, 3.8) is 0 Å². The molecule has 102 valence electrons. The van der Waals surface area contributed by atoms with E-state index in [0.29, 0.717) is 17.8 Å². The molecule has 0 saturated carbocycles. The Labute approximate surface area is 114 Å². The predicted molar refractivity (Wildman–Crippen MR) is 73.2 cm³/mol. The molecule has 19 heavy (non-hydrogen) atoms. The lowest BCUT2D eigenvalue weighted by atomic mass is 10.3. The Morgan fingerprint density at radius 3 is 2.84 bits per heavy atom. The zero-order valence-electron chi connectivity index (χ0n) is 9.97. The summed E-state index contributed by atoms with van der Waals surface area (Å²) >= 11 is 4.79. The second-order valence-corrected chi connectivity index (χ2v) is 5.77.